The fourth-order valence-electron chi connectivity index (χ4n) is 2.25. The molecule has 1 aromatic heterocycles. The number of anilines is 1. The molecule has 32 heavy (non-hydrogen) atoms. The Hall–Kier alpha value is -1.92. The molecule has 7 nitrogen and oxygen atoms in total. The van der Waals surface area contributed by atoms with Crippen LogP contribution in [-0.4, -0.2) is 51.6 Å². The van der Waals surface area contributed by atoms with Gasteiger partial charge in [-0.1, -0.05) is 39.0 Å². The zero-order valence-electron chi connectivity index (χ0n) is 18.3. The number of nitrogens with zero attached hydrogens (tertiary/aromatic N) is 2. The summed E-state index contributed by atoms with van der Waals surface area (Å²) < 4.78 is 44.0. The number of aliphatic hydroxyl groups is 2. The van der Waals surface area contributed by atoms with Gasteiger partial charge in [0.1, 0.15) is 11.9 Å². The first-order valence-electron chi connectivity index (χ1n) is 10.1. The van der Waals surface area contributed by atoms with Crippen molar-refractivity contribution in [1.82, 2.24) is 14.7 Å². The highest BCUT2D eigenvalue weighted by molar-refractivity contribution is 7.97. The lowest BCUT2D eigenvalue weighted by atomic mass is 10.0. The molecular formula is C21H31F3N4O3S. The van der Waals surface area contributed by atoms with Crippen molar-refractivity contribution in [2.45, 2.75) is 56.6 Å². The summed E-state index contributed by atoms with van der Waals surface area (Å²) in [6.45, 7) is 7.51. The standard InChI is InChI=1S/C12H17NO3S.C5H4F3N3.C4H10/c14-10-6-7-16-11(12(10)15)8-13-17-9-4-2-1-3-5-9;6-5(7,8)3-1-10-2-4(9)11-3;1-4(2)3/h1-5,10-15H,6-8H2;1-2H,(H2,9,11);4H,1-3H3. The quantitative estimate of drug-likeness (QED) is 0.496. The van der Waals surface area contributed by atoms with Crippen LogP contribution < -0.4 is 10.5 Å². The van der Waals surface area contributed by atoms with Gasteiger partial charge >= 0.3 is 6.18 Å². The Bertz CT molecular complexity index is 767. The largest absolute Gasteiger partial charge is 0.434 e. The molecule has 1 aromatic carbocycles. The number of alkyl halides is 3. The van der Waals surface area contributed by atoms with Crippen molar-refractivity contribution in [2.75, 3.05) is 18.9 Å². The van der Waals surface area contributed by atoms with Gasteiger partial charge in [-0.2, -0.15) is 13.2 Å². The number of hydrogen-bond acceptors (Lipinski definition) is 8. The highest BCUT2D eigenvalue weighted by Crippen LogP contribution is 2.26. The van der Waals surface area contributed by atoms with Gasteiger partial charge in [-0.05, 0) is 36.4 Å². The van der Waals surface area contributed by atoms with E-state index in [1.165, 1.54) is 11.9 Å². The fraction of sp³-hybridized carbons (Fsp3) is 0.524. The molecule has 2 heterocycles. The Morgan fingerprint density at radius 2 is 1.81 bits per heavy atom. The molecule has 0 spiro atoms. The number of hydrogen-bond donors (Lipinski definition) is 4. The molecule has 1 aliphatic heterocycles. The number of aromatic nitrogens is 2. The number of nitrogen functional groups attached to an aromatic ring is 1. The first-order valence-corrected chi connectivity index (χ1v) is 10.9. The maximum Gasteiger partial charge on any atom is 0.434 e. The van der Waals surface area contributed by atoms with Gasteiger partial charge in [0, 0.05) is 18.0 Å². The Balaban J connectivity index is 0.000000293. The summed E-state index contributed by atoms with van der Waals surface area (Å²) in [5.74, 6) is 0.597. The molecule has 1 aliphatic rings. The number of nitrogens with two attached hydrogens (primary N) is 1. The predicted molar refractivity (Wildman–Crippen MR) is 119 cm³/mol. The third kappa shape index (κ3) is 11.6. The van der Waals surface area contributed by atoms with Crippen molar-refractivity contribution in [3.63, 3.8) is 0 Å². The van der Waals surface area contributed by atoms with Gasteiger partial charge in [0.15, 0.2) is 5.69 Å². The van der Waals surface area contributed by atoms with E-state index in [4.69, 9.17) is 10.5 Å². The van der Waals surface area contributed by atoms with Gasteiger partial charge < -0.3 is 20.7 Å². The van der Waals surface area contributed by atoms with Gasteiger partial charge in [0.25, 0.3) is 0 Å². The van der Waals surface area contributed by atoms with E-state index in [-0.39, 0.29) is 11.9 Å². The van der Waals surface area contributed by atoms with Crippen molar-refractivity contribution in [3.05, 3.63) is 48.4 Å². The molecule has 11 heteroatoms. The zero-order valence-corrected chi connectivity index (χ0v) is 19.1. The SMILES string of the molecule is CC(C)C.Nc1cncc(C(F)(F)F)n1.OC1CCOC(CNSc2ccccc2)C1O. The third-order valence-corrected chi connectivity index (χ3v) is 4.50. The van der Waals surface area contributed by atoms with Crippen LogP contribution in [0.2, 0.25) is 0 Å². The molecule has 5 N–H and O–H groups in total. The second-order valence-corrected chi connectivity index (χ2v) is 8.54. The van der Waals surface area contributed by atoms with Crippen molar-refractivity contribution >= 4 is 17.8 Å². The van der Waals surface area contributed by atoms with Crippen LogP contribution in [-0.2, 0) is 10.9 Å². The monoisotopic (exact) mass is 476 g/mol. The minimum Gasteiger partial charge on any atom is -0.390 e. The summed E-state index contributed by atoms with van der Waals surface area (Å²) in [4.78, 5) is 7.39. The normalized spacial score (nSPS) is 20.6. The average Bonchev–Trinajstić information content (AvgIpc) is 2.71. The second-order valence-electron chi connectivity index (χ2n) is 7.58. The van der Waals surface area contributed by atoms with E-state index in [2.05, 4.69) is 35.5 Å². The summed E-state index contributed by atoms with van der Waals surface area (Å²) in [6.07, 6.45) is -4.10. The van der Waals surface area contributed by atoms with Crippen LogP contribution in [0.15, 0.2) is 47.6 Å². The molecule has 180 valence electrons. The molecule has 0 amide bonds. The molecule has 3 unspecified atom stereocenters. The number of halogens is 3. The number of aliphatic hydroxyl groups excluding tert-OH is 2. The summed E-state index contributed by atoms with van der Waals surface area (Å²) >= 11 is 1.49. The van der Waals surface area contributed by atoms with Gasteiger partial charge in [0.2, 0.25) is 0 Å². The minimum atomic E-state index is -4.47. The number of nitrogens with one attached hydrogen (secondary N) is 1. The lowest BCUT2D eigenvalue weighted by Crippen LogP contribution is -2.48. The van der Waals surface area contributed by atoms with Gasteiger partial charge in [-0.3, -0.25) is 9.71 Å². The topological polar surface area (TPSA) is 114 Å². The number of ether oxygens (including phenoxy) is 1. The Morgan fingerprint density at radius 3 is 2.34 bits per heavy atom. The third-order valence-electron chi connectivity index (χ3n) is 3.68. The van der Waals surface area contributed by atoms with Crippen molar-refractivity contribution in [1.29, 1.82) is 0 Å². The molecular weight excluding hydrogens is 445 g/mol. The van der Waals surface area contributed by atoms with Crippen LogP contribution in [0.4, 0.5) is 19.0 Å². The van der Waals surface area contributed by atoms with E-state index in [1.807, 2.05) is 30.3 Å². The van der Waals surface area contributed by atoms with Gasteiger partial charge in [-0.25, -0.2) is 4.98 Å². The van der Waals surface area contributed by atoms with Crippen LogP contribution in [0.3, 0.4) is 0 Å². The Labute approximate surface area is 190 Å². The van der Waals surface area contributed by atoms with Crippen molar-refractivity contribution in [2.24, 2.45) is 5.92 Å². The summed E-state index contributed by atoms with van der Waals surface area (Å²) in [7, 11) is 0. The van der Waals surface area contributed by atoms with E-state index in [1.54, 1.807) is 0 Å². The van der Waals surface area contributed by atoms with Crippen molar-refractivity contribution < 1.29 is 28.1 Å². The molecule has 3 rings (SSSR count). The molecule has 2 aromatic rings. The molecule has 1 fully saturated rings. The Kier molecular flexibility index (Phi) is 12.5. The molecule has 0 radical (unpaired) electrons. The number of rotatable bonds is 4. The second kappa shape index (κ2) is 14.3. The van der Waals surface area contributed by atoms with Crippen LogP contribution in [0.1, 0.15) is 32.9 Å². The van der Waals surface area contributed by atoms with Gasteiger partial charge in [-0.15, -0.1) is 0 Å². The van der Waals surface area contributed by atoms with E-state index in [9.17, 15) is 23.4 Å². The summed E-state index contributed by atoms with van der Waals surface area (Å²) in [6, 6.07) is 9.92. The minimum absolute atomic E-state index is 0.236. The van der Waals surface area contributed by atoms with Crippen LogP contribution in [0.25, 0.3) is 0 Å². The van der Waals surface area contributed by atoms with Crippen LogP contribution >= 0.6 is 11.9 Å². The van der Waals surface area contributed by atoms with Gasteiger partial charge in [0.05, 0.1) is 24.6 Å². The molecule has 0 bridgehead atoms. The summed E-state index contributed by atoms with van der Waals surface area (Å²) in [5.41, 5.74) is 3.91. The molecule has 0 aliphatic carbocycles. The first kappa shape index (κ1) is 28.1. The number of benzene rings is 1. The molecule has 0 saturated carbocycles. The van der Waals surface area contributed by atoms with E-state index in [0.29, 0.717) is 25.8 Å². The first-order chi connectivity index (χ1) is 15.0. The van der Waals surface area contributed by atoms with E-state index >= 15 is 0 Å². The summed E-state index contributed by atoms with van der Waals surface area (Å²) in [5, 5.41) is 19.2. The maximum atomic E-state index is 11.8. The van der Waals surface area contributed by atoms with E-state index in [0.717, 1.165) is 17.0 Å². The lowest BCUT2D eigenvalue weighted by Gasteiger charge is -2.31. The van der Waals surface area contributed by atoms with E-state index < -0.39 is 24.1 Å². The lowest BCUT2D eigenvalue weighted by molar-refractivity contribution is -0.141. The highest BCUT2D eigenvalue weighted by Gasteiger charge is 2.33. The molecule has 3 atom stereocenters. The predicted octanol–water partition coefficient (Wildman–Crippen LogP) is 3.53. The zero-order chi connectivity index (χ0) is 24.1. The smallest absolute Gasteiger partial charge is 0.390 e. The average molecular weight is 477 g/mol. The van der Waals surface area contributed by atoms with Crippen LogP contribution in [0, 0.1) is 5.92 Å². The van der Waals surface area contributed by atoms with Crippen molar-refractivity contribution in [3.8, 4) is 0 Å². The molecule has 1 saturated heterocycles. The maximum absolute atomic E-state index is 11.8. The Morgan fingerprint density at radius 1 is 1.19 bits per heavy atom. The highest BCUT2D eigenvalue weighted by atomic mass is 32.2. The fourth-order valence-corrected chi connectivity index (χ4v) is 2.96. The van der Waals surface area contributed by atoms with Crippen LogP contribution in [0.5, 0.6) is 0 Å².